The van der Waals surface area contributed by atoms with Crippen LogP contribution in [0.15, 0.2) is 53.6 Å². The molecule has 0 atom stereocenters. The molecule has 0 fully saturated rings. The minimum Gasteiger partial charge on any atom is -0.306 e. The van der Waals surface area contributed by atoms with Gasteiger partial charge in [0.15, 0.2) is 0 Å². The summed E-state index contributed by atoms with van der Waals surface area (Å²) in [6.07, 6.45) is 1.23. The zero-order chi connectivity index (χ0) is 14.4. The van der Waals surface area contributed by atoms with Crippen molar-refractivity contribution in [2.24, 2.45) is 5.10 Å². The third kappa shape index (κ3) is 4.07. The van der Waals surface area contributed by atoms with Crippen molar-refractivity contribution in [1.82, 2.24) is 5.43 Å². The van der Waals surface area contributed by atoms with Crippen molar-refractivity contribution in [2.75, 3.05) is 5.32 Å². The standard InChI is InChI=1S/C14H11ClFN3O/c15-11-5-3-6-12(8-11)18-14(20)19-17-9-10-4-1-2-7-13(10)16/h1-9H,(H2,18,19,20)/b17-9-. The lowest BCUT2D eigenvalue weighted by molar-refractivity contribution is 0.252. The molecule has 0 aromatic heterocycles. The van der Waals surface area contributed by atoms with Crippen molar-refractivity contribution >= 4 is 29.5 Å². The number of nitrogens with zero attached hydrogens (tertiary/aromatic N) is 1. The van der Waals surface area contributed by atoms with E-state index in [2.05, 4.69) is 15.8 Å². The number of hydrogen-bond donors (Lipinski definition) is 2. The summed E-state index contributed by atoms with van der Waals surface area (Å²) in [6, 6.07) is 12.3. The van der Waals surface area contributed by atoms with Crippen molar-refractivity contribution in [3.8, 4) is 0 Å². The van der Waals surface area contributed by atoms with Gasteiger partial charge in [-0.15, -0.1) is 0 Å². The number of benzene rings is 2. The smallest absolute Gasteiger partial charge is 0.306 e. The number of hydrazone groups is 1. The number of halogens is 2. The largest absolute Gasteiger partial charge is 0.339 e. The first-order chi connectivity index (χ1) is 9.65. The maximum atomic E-state index is 13.3. The third-order valence-corrected chi connectivity index (χ3v) is 2.59. The van der Waals surface area contributed by atoms with Gasteiger partial charge < -0.3 is 5.32 Å². The predicted molar refractivity (Wildman–Crippen MR) is 77.6 cm³/mol. The molecule has 0 saturated heterocycles. The molecule has 6 heteroatoms. The SMILES string of the molecule is O=C(N/N=C\c1ccccc1F)Nc1cccc(Cl)c1. The summed E-state index contributed by atoms with van der Waals surface area (Å²) < 4.78 is 13.3. The summed E-state index contributed by atoms with van der Waals surface area (Å²) >= 11 is 5.79. The molecule has 2 aromatic carbocycles. The van der Waals surface area contributed by atoms with Crippen LogP contribution < -0.4 is 10.7 Å². The lowest BCUT2D eigenvalue weighted by Crippen LogP contribution is -2.24. The van der Waals surface area contributed by atoms with Crippen LogP contribution in [0.25, 0.3) is 0 Å². The zero-order valence-corrected chi connectivity index (χ0v) is 11.1. The van der Waals surface area contributed by atoms with E-state index in [1.165, 1.54) is 12.3 Å². The fraction of sp³-hybridized carbons (Fsp3) is 0. The molecule has 0 aliphatic carbocycles. The Morgan fingerprint density at radius 3 is 2.75 bits per heavy atom. The molecular weight excluding hydrogens is 281 g/mol. The van der Waals surface area contributed by atoms with Gasteiger partial charge in [0.25, 0.3) is 0 Å². The van der Waals surface area contributed by atoms with Crippen LogP contribution in [-0.4, -0.2) is 12.2 Å². The number of carbonyl (C=O) groups is 1. The summed E-state index contributed by atoms with van der Waals surface area (Å²) in [6.45, 7) is 0. The van der Waals surface area contributed by atoms with E-state index < -0.39 is 11.8 Å². The molecule has 0 saturated carbocycles. The van der Waals surface area contributed by atoms with Crippen LogP contribution in [0.3, 0.4) is 0 Å². The van der Waals surface area contributed by atoms with Crippen molar-refractivity contribution in [3.05, 3.63) is 64.9 Å². The summed E-state index contributed by atoms with van der Waals surface area (Å²) in [7, 11) is 0. The molecule has 0 aliphatic rings. The molecule has 102 valence electrons. The second-order valence-electron chi connectivity index (χ2n) is 3.86. The van der Waals surface area contributed by atoms with Gasteiger partial charge in [-0.1, -0.05) is 35.9 Å². The molecule has 0 spiro atoms. The normalized spacial score (nSPS) is 10.5. The van der Waals surface area contributed by atoms with Gasteiger partial charge in [-0.2, -0.15) is 5.10 Å². The van der Waals surface area contributed by atoms with Crippen LogP contribution in [0.5, 0.6) is 0 Å². The molecule has 2 aromatic rings. The van der Waals surface area contributed by atoms with E-state index in [0.29, 0.717) is 10.7 Å². The Hall–Kier alpha value is -2.40. The van der Waals surface area contributed by atoms with Gasteiger partial charge in [0.1, 0.15) is 5.82 Å². The lowest BCUT2D eigenvalue weighted by atomic mass is 10.2. The van der Waals surface area contributed by atoms with Crippen molar-refractivity contribution in [2.45, 2.75) is 0 Å². The Kier molecular flexibility index (Phi) is 4.68. The topological polar surface area (TPSA) is 53.5 Å². The first kappa shape index (κ1) is 14.0. The van der Waals surface area contributed by atoms with E-state index in [-0.39, 0.29) is 5.56 Å². The van der Waals surface area contributed by atoms with Gasteiger partial charge in [-0.3, -0.25) is 0 Å². The number of carbonyl (C=O) groups excluding carboxylic acids is 1. The Bertz CT molecular complexity index is 646. The molecule has 4 nitrogen and oxygen atoms in total. The highest BCUT2D eigenvalue weighted by molar-refractivity contribution is 6.30. The quantitative estimate of drug-likeness (QED) is 0.658. The number of hydrogen-bond acceptors (Lipinski definition) is 2. The van der Waals surface area contributed by atoms with E-state index in [9.17, 15) is 9.18 Å². The molecule has 20 heavy (non-hydrogen) atoms. The Morgan fingerprint density at radius 2 is 2.00 bits per heavy atom. The van der Waals surface area contributed by atoms with Crippen LogP contribution >= 0.6 is 11.6 Å². The summed E-state index contributed by atoms with van der Waals surface area (Å²) in [5.74, 6) is -0.409. The number of urea groups is 1. The number of rotatable bonds is 3. The molecule has 2 N–H and O–H groups in total. The molecule has 0 heterocycles. The number of amides is 2. The van der Waals surface area contributed by atoms with Crippen molar-refractivity contribution in [3.63, 3.8) is 0 Å². The molecule has 0 radical (unpaired) electrons. The number of anilines is 1. The van der Waals surface area contributed by atoms with E-state index >= 15 is 0 Å². The summed E-state index contributed by atoms with van der Waals surface area (Å²) in [4.78, 5) is 11.5. The first-order valence-corrected chi connectivity index (χ1v) is 6.13. The molecule has 0 bridgehead atoms. The summed E-state index contributed by atoms with van der Waals surface area (Å²) in [5, 5.41) is 6.71. The van der Waals surface area contributed by atoms with E-state index in [4.69, 9.17) is 11.6 Å². The Labute approximate surface area is 120 Å². The van der Waals surface area contributed by atoms with Gasteiger partial charge >= 0.3 is 6.03 Å². The van der Waals surface area contributed by atoms with Gasteiger partial charge in [-0.05, 0) is 24.3 Å². The second kappa shape index (κ2) is 6.68. The van der Waals surface area contributed by atoms with E-state index in [1.807, 2.05) is 0 Å². The molecule has 0 unspecified atom stereocenters. The van der Waals surface area contributed by atoms with Gasteiger partial charge in [0.05, 0.1) is 6.21 Å². The van der Waals surface area contributed by atoms with Crippen LogP contribution in [-0.2, 0) is 0 Å². The van der Waals surface area contributed by atoms with E-state index in [1.54, 1.807) is 42.5 Å². The first-order valence-electron chi connectivity index (χ1n) is 5.75. The molecular formula is C14H11ClFN3O. The average Bonchev–Trinajstić information content (AvgIpc) is 2.41. The fourth-order valence-electron chi connectivity index (χ4n) is 1.47. The summed E-state index contributed by atoms with van der Waals surface area (Å²) in [5.41, 5.74) is 3.06. The highest BCUT2D eigenvalue weighted by Gasteiger charge is 2.00. The van der Waals surface area contributed by atoms with Gasteiger partial charge in [-0.25, -0.2) is 14.6 Å². The van der Waals surface area contributed by atoms with Crippen molar-refractivity contribution in [1.29, 1.82) is 0 Å². The van der Waals surface area contributed by atoms with Crippen LogP contribution in [0, 0.1) is 5.82 Å². The minimum atomic E-state index is -0.542. The number of nitrogens with one attached hydrogen (secondary N) is 2. The maximum absolute atomic E-state index is 13.3. The highest BCUT2D eigenvalue weighted by Crippen LogP contribution is 2.14. The second-order valence-corrected chi connectivity index (χ2v) is 4.29. The highest BCUT2D eigenvalue weighted by atomic mass is 35.5. The monoisotopic (exact) mass is 291 g/mol. The predicted octanol–water partition coefficient (Wildman–Crippen LogP) is 3.63. The minimum absolute atomic E-state index is 0.288. The van der Waals surface area contributed by atoms with E-state index in [0.717, 1.165) is 0 Å². The fourth-order valence-corrected chi connectivity index (χ4v) is 1.66. The zero-order valence-electron chi connectivity index (χ0n) is 10.3. The van der Waals surface area contributed by atoms with Crippen molar-refractivity contribution < 1.29 is 9.18 Å². The van der Waals surface area contributed by atoms with Gasteiger partial charge in [0, 0.05) is 16.3 Å². The van der Waals surface area contributed by atoms with Crippen LogP contribution in [0.4, 0.5) is 14.9 Å². The maximum Gasteiger partial charge on any atom is 0.339 e. The molecule has 0 aliphatic heterocycles. The molecule has 2 amide bonds. The van der Waals surface area contributed by atoms with Gasteiger partial charge in [0.2, 0.25) is 0 Å². The third-order valence-electron chi connectivity index (χ3n) is 2.36. The lowest BCUT2D eigenvalue weighted by Gasteiger charge is -2.04. The van der Waals surface area contributed by atoms with Crippen LogP contribution in [0.1, 0.15) is 5.56 Å². The van der Waals surface area contributed by atoms with Crippen LogP contribution in [0.2, 0.25) is 5.02 Å². The Morgan fingerprint density at radius 1 is 1.20 bits per heavy atom. The Balaban J connectivity index is 1.91. The average molecular weight is 292 g/mol. The molecule has 2 rings (SSSR count).